The summed E-state index contributed by atoms with van der Waals surface area (Å²) in [5, 5.41) is 0.863. The quantitative estimate of drug-likeness (QED) is 0.714. The number of aromatic amines is 1. The van der Waals surface area contributed by atoms with Gasteiger partial charge in [-0.2, -0.15) is 0 Å². The Labute approximate surface area is 151 Å². The van der Waals surface area contributed by atoms with Gasteiger partial charge in [-0.3, -0.25) is 9.59 Å². The molecule has 4 nitrogen and oxygen atoms in total. The van der Waals surface area contributed by atoms with E-state index < -0.39 is 5.82 Å². The Bertz CT molecular complexity index is 1060. The van der Waals surface area contributed by atoms with E-state index in [2.05, 4.69) is 20.9 Å². The molecule has 0 fully saturated rings. The lowest BCUT2D eigenvalue weighted by Gasteiger charge is -2.18. The largest absolute Gasteiger partial charge is 0.322 e. The number of amides is 1. The van der Waals surface area contributed by atoms with E-state index in [1.54, 1.807) is 6.07 Å². The first kappa shape index (κ1) is 16.0. The zero-order valence-corrected chi connectivity index (χ0v) is 14.8. The number of hydrogen-bond donors (Lipinski definition) is 1. The number of halogens is 2. The summed E-state index contributed by atoms with van der Waals surface area (Å²) in [4.78, 5) is 29.2. The number of carbonyl (C=O) groups is 1. The van der Waals surface area contributed by atoms with Crippen LogP contribution in [0.2, 0.25) is 0 Å². The first-order valence-electron chi connectivity index (χ1n) is 7.92. The molecule has 1 aromatic heterocycles. The number of aromatic nitrogens is 1. The molecule has 1 aliphatic heterocycles. The van der Waals surface area contributed by atoms with Gasteiger partial charge in [0.2, 0.25) is 5.91 Å². The van der Waals surface area contributed by atoms with Gasteiger partial charge in [0.1, 0.15) is 5.82 Å². The van der Waals surface area contributed by atoms with Gasteiger partial charge in [0, 0.05) is 22.1 Å². The van der Waals surface area contributed by atoms with Gasteiger partial charge in [0.15, 0.2) is 0 Å². The first-order chi connectivity index (χ1) is 12.0. The Morgan fingerprint density at radius 2 is 2.04 bits per heavy atom. The maximum Gasteiger partial charge on any atom is 0.252 e. The zero-order valence-electron chi connectivity index (χ0n) is 13.2. The Kier molecular flexibility index (Phi) is 3.92. The van der Waals surface area contributed by atoms with E-state index in [-0.39, 0.29) is 17.9 Å². The average molecular weight is 401 g/mol. The molecule has 1 aliphatic rings. The van der Waals surface area contributed by atoms with Gasteiger partial charge in [-0.1, -0.05) is 34.1 Å². The summed E-state index contributed by atoms with van der Waals surface area (Å²) in [5.41, 5.74) is 1.95. The van der Waals surface area contributed by atoms with Crippen LogP contribution in [0.3, 0.4) is 0 Å². The van der Waals surface area contributed by atoms with Crippen LogP contribution in [0.5, 0.6) is 0 Å². The molecule has 2 aromatic carbocycles. The highest BCUT2D eigenvalue weighted by atomic mass is 79.9. The molecule has 25 heavy (non-hydrogen) atoms. The molecule has 0 radical (unpaired) electrons. The number of H-pyrrole nitrogens is 1. The van der Waals surface area contributed by atoms with Crippen LogP contribution in [0.25, 0.3) is 10.9 Å². The summed E-state index contributed by atoms with van der Waals surface area (Å²) in [7, 11) is 0. The van der Waals surface area contributed by atoms with Crippen molar-refractivity contribution < 1.29 is 9.18 Å². The van der Waals surface area contributed by atoms with Crippen LogP contribution < -0.4 is 10.5 Å². The van der Waals surface area contributed by atoms with Gasteiger partial charge in [-0.15, -0.1) is 0 Å². The number of fused-ring (bicyclic) bond motifs is 2. The fourth-order valence-corrected chi connectivity index (χ4v) is 3.77. The standard InChI is InChI=1S/C19H14BrFN2O2/c20-14-8-12-5-6-23(18(12)15(21)10-14)17(24)9-13-7-11-3-1-2-4-16(11)22-19(13)25/h1-4,7-8,10H,5-6,9H2,(H,22,25). The van der Waals surface area contributed by atoms with E-state index in [4.69, 9.17) is 0 Å². The minimum Gasteiger partial charge on any atom is -0.322 e. The molecule has 0 unspecified atom stereocenters. The normalized spacial score (nSPS) is 13.3. The molecule has 1 amide bonds. The summed E-state index contributed by atoms with van der Waals surface area (Å²) in [6.07, 6.45) is 0.542. The summed E-state index contributed by atoms with van der Waals surface area (Å²) >= 11 is 3.27. The fraction of sp³-hybridized carbons (Fsp3) is 0.158. The minimum atomic E-state index is -0.428. The number of carbonyl (C=O) groups excluding carboxylic acids is 1. The van der Waals surface area contributed by atoms with E-state index in [0.29, 0.717) is 28.7 Å². The van der Waals surface area contributed by atoms with E-state index in [0.717, 1.165) is 16.5 Å². The van der Waals surface area contributed by atoms with Crippen LogP contribution in [0.15, 0.2) is 51.7 Å². The lowest BCUT2D eigenvalue weighted by Crippen LogP contribution is -2.32. The lowest BCUT2D eigenvalue weighted by molar-refractivity contribution is -0.117. The van der Waals surface area contributed by atoms with Gasteiger partial charge < -0.3 is 9.88 Å². The number of nitrogens with zero attached hydrogens (tertiary/aromatic N) is 1. The Balaban J connectivity index is 1.67. The predicted octanol–water partition coefficient (Wildman–Crippen LogP) is 3.56. The molecule has 0 saturated heterocycles. The maximum absolute atomic E-state index is 14.3. The van der Waals surface area contributed by atoms with Gasteiger partial charge in [-0.25, -0.2) is 4.39 Å². The fourth-order valence-electron chi connectivity index (χ4n) is 3.29. The third-order valence-corrected chi connectivity index (χ3v) is 4.91. The number of pyridine rings is 1. The molecule has 0 bridgehead atoms. The van der Waals surface area contributed by atoms with Crippen LogP contribution in [-0.2, 0) is 17.6 Å². The number of anilines is 1. The van der Waals surface area contributed by atoms with Crippen molar-refractivity contribution in [3.63, 3.8) is 0 Å². The van der Waals surface area contributed by atoms with Crippen LogP contribution in [0.4, 0.5) is 10.1 Å². The molecular weight excluding hydrogens is 387 g/mol. The third-order valence-electron chi connectivity index (χ3n) is 4.45. The van der Waals surface area contributed by atoms with Crippen LogP contribution in [0.1, 0.15) is 11.1 Å². The van der Waals surface area contributed by atoms with E-state index >= 15 is 0 Å². The van der Waals surface area contributed by atoms with Gasteiger partial charge in [0.05, 0.1) is 12.1 Å². The van der Waals surface area contributed by atoms with Crippen molar-refractivity contribution in [1.29, 1.82) is 0 Å². The maximum atomic E-state index is 14.3. The Morgan fingerprint density at radius 3 is 2.88 bits per heavy atom. The number of para-hydroxylation sites is 1. The summed E-state index contributed by atoms with van der Waals surface area (Å²) < 4.78 is 15.0. The zero-order chi connectivity index (χ0) is 17.6. The molecule has 4 rings (SSSR count). The van der Waals surface area contributed by atoms with Gasteiger partial charge >= 0.3 is 0 Å². The minimum absolute atomic E-state index is 0.0604. The molecule has 0 aliphatic carbocycles. The second-order valence-electron chi connectivity index (χ2n) is 6.08. The molecule has 6 heteroatoms. The highest BCUT2D eigenvalue weighted by molar-refractivity contribution is 9.10. The summed E-state index contributed by atoms with van der Waals surface area (Å²) in [5.74, 6) is -0.705. The van der Waals surface area contributed by atoms with E-state index in [9.17, 15) is 14.0 Å². The topological polar surface area (TPSA) is 53.2 Å². The van der Waals surface area contributed by atoms with Gasteiger partial charge in [0.25, 0.3) is 5.56 Å². The van der Waals surface area contributed by atoms with Crippen LogP contribution in [0, 0.1) is 5.82 Å². The van der Waals surface area contributed by atoms with Crippen LogP contribution >= 0.6 is 15.9 Å². The molecular formula is C19H14BrFN2O2. The first-order valence-corrected chi connectivity index (χ1v) is 8.71. The third kappa shape index (κ3) is 2.87. The SMILES string of the molecule is O=C(Cc1cc2ccccc2[nH]c1=O)N1CCc2cc(Br)cc(F)c21. The summed E-state index contributed by atoms with van der Waals surface area (Å²) in [6.45, 7) is 0.424. The van der Waals surface area contributed by atoms with Crippen molar-refractivity contribution in [3.05, 3.63) is 74.2 Å². The predicted molar refractivity (Wildman–Crippen MR) is 98.4 cm³/mol. The summed E-state index contributed by atoms with van der Waals surface area (Å²) in [6, 6.07) is 12.3. The number of hydrogen-bond acceptors (Lipinski definition) is 2. The molecule has 126 valence electrons. The molecule has 0 saturated carbocycles. The van der Waals surface area contributed by atoms with E-state index in [1.165, 1.54) is 11.0 Å². The number of benzene rings is 2. The van der Waals surface area contributed by atoms with Crippen LogP contribution in [-0.4, -0.2) is 17.4 Å². The van der Waals surface area contributed by atoms with Crippen molar-refractivity contribution in [2.45, 2.75) is 12.8 Å². The molecule has 0 spiro atoms. The van der Waals surface area contributed by atoms with Gasteiger partial charge in [-0.05, 0) is 41.6 Å². The second kappa shape index (κ2) is 6.11. The molecule has 2 heterocycles. The average Bonchev–Trinajstić information content (AvgIpc) is 2.99. The van der Waals surface area contributed by atoms with Crippen molar-refractivity contribution >= 4 is 38.4 Å². The Hall–Kier alpha value is -2.47. The Morgan fingerprint density at radius 1 is 1.24 bits per heavy atom. The second-order valence-corrected chi connectivity index (χ2v) is 6.99. The van der Waals surface area contributed by atoms with E-state index in [1.807, 2.05) is 30.3 Å². The number of rotatable bonds is 2. The highest BCUT2D eigenvalue weighted by Crippen LogP contribution is 2.34. The highest BCUT2D eigenvalue weighted by Gasteiger charge is 2.28. The van der Waals surface area contributed by atoms with Crippen molar-refractivity contribution in [2.75, 3.05) is 11.4 Å². The molecule has 3 aromatic rings. The molecule has 0 atom stereocenters. The molecule has 1 N–H and O–H groups in total. The smallest absolute Gasteiger partial charge is 0.252 e. The van der Waals surface area contributed by atoms with Crippen molar-refractivity contribution in [1.82, 2.24) is 4.98 Å². The van der Waals surface area contributed by atoms with Crippen molar-refractivity contribution in [2.24, 2.45) is 0 Å². The number of nitrogens with one attached hydrogen (secondary N) is 1. The lowest BCUT2D eigenvalue weighted by atomic mass is 10.1. The van der Waals surface area contributed by atoms with Crippen molar-refractivity contribution in [3.8, 4) is 0 Å². The monoisotopic (exact) mass is 400 g/mol.